The molecule has 0 fully saturated rings. The third-order valence-electron chi connectivity index (χ3n) is 3.87. The predicted molar refractivity (Wildman–Crippen MR) is 97.1 cm³/mol. The van der Waals surface area contributed by atoms with Gasteiger partial charge in [-0.15, -0.1) is 0 Å². The van der Waals surface area contributed by atoms with Crippen LogP contribution in [-0.4, -0.2) is 37.5 Å². The van der Waals surface area contributed by atoms with Crippen LogP contribution >= 0.6 is 0 Å². The predicted octanol–water partition coefficient (Wildman–Crippen LogP) is 4.47. The van der Waals surface area contributed by atoms with Crippen LogP contribution < -0.4 is 5.32 Å². The van der Waals surface area contributed by atoms with Gasteiger partial charge >= 0.3 is 0 Å². The van der Waals surface area contributed by atoms with E-state index in [0.717, 1.165) is 25.4 Å². The van der Waals surface area contributed by atoms with Gasteiger partial charge in [0.1, 0.15) is 0 Å². The quantitative estimate of drug-likeness (QED) is 0.480. The molecule has 0 aromatic heterocycles. The molecule has 0 aliphatic heterocycles. The minimum absolute atomic E-state index is 0.164. The second-order valence-corrected chi connectivity index (χ2v) is 7.60. The Labute approximate surface area is 139 Å². The van der Waals surface area contributed by atoms with Gasteiger partial charge in [-0.1, -0.05) is 72.6 Å². The molecule has 1 N–H and O–H groups in total. The zero-order valence-electron chi connectivity index (χ0n) is 15.8. The van der Waals surface area contributed by atoms with E-state index in [2.05, 4.69) is 37.9 Å². The summed E-state index contributed by atoms with van der Waals surface area (Å²) in [6.07, 6.45) is 10.5. The maximum atomic E-state index is 11.7. The summed E-state index contributed by atoms with van der Waals surface area (Å²) in [7, 11) is 2.01. The van der Waals surface area contributed by atoms with Gasteiger partial charge in [0, 0.05) is 13.1 Å². The summed E-state index contributed by atoms with van der Waals surface area (Å²) >= 11 is 0. The van der Waals surface area contributed by atoms with Crippen molar-refractivity contribution in [1.29, 1.82) is 0 Å². The van der Waals surface area contributed by atoms with Crippen molar-refractivity contribution in [3.05, 3.63) is 0 Å². The third kappa shape index (κ3) is 15.8. The zero-order chi connectivity index (χ0) is 16.8. The molecule has 1 amide bonds. The molecule has 0 spiro atoms. The van der Waals surface area contributed by atoms with Crippen LogP contribution in [0.3, 0.4) is 0 Å². The number of unbranched alkanes of at least 4 members (excludes halogenated alkanes) is 6. The molecule has 0 aliphatic rings. The van der Waals surface area contributed by atoms with Crippen LogP contribution in [0.1, 0.15) is 79.1 Å². The van der Waals surface area contributed by atoms with E-state index in [9.17, 15) is 4.79 Å². The van der Waals surface area contributed by atoms with Gasteiger partial charge in [0.15, 0.2) is 0 Å². The molecule has 22 heavy (non-hydrogen) atoms. The monoisotopic (exact) mass is 312 g/mol. The Balaban J connectivity index is 3.30. The molecule has 0 aliphatic carbocycles. The van der Waals surface area contributed by atoms with Crippen LogP contribution in [0.2, 0.25) is 0 Å². The zero-order valence-corrected chi connectivity index (χ0v) is 15.8. The lowest BCUT2D eigenvalue weighted by molar-refractivity contribution is -0.122. The summed E-state index contributed by atoms with van der Waals surface area (Å²) in [6, 6.07) is 0. The number of hydrogen-bond acceptors (Lipinski definition) is 2. The number of nitrogens with one attached hydrogen (secondary N) is 1. The molecule has 0 atom stereocenters. The van der Waals surface area contributed by atoms with Gasteiger partial charge in [-0.3, -0.25) is 9.69 Å². The van der Waals surface area contributed by atoms with E-state index in [0.29, 0.717) is 12.5 Å². The maximum Gasteiger partial charge on any atom is 0.234 e. The highest BCUT2D eigenvalue weighted by Crippen LogP contribution is 2.11. The number of nitrogens with zero attached hydrogens (tertiary/aromatic N) is 1. The lowest BCUT2D eigenvalue weighted by atomic mass is 10.0. The minimum Gasteiger partial charge on any atom is -0.355 e. The first-order valence-electron chi connectivity index (χ1n) is 9.37. The molecular weight excluding hydrogens is 272 g/mol. The summed E-state index contributed by atoms with van der Waals surface area (Å²) in [5.41, 5.74) is 0. The Morgan fingerprint density at radius 3 is 1.95 bits per heavy atom. The fourth-order valence-corrected chi connectivity index (χ4v) is 2.78. The molecule has 0 rings (SSSR count). The van der Waals surface area contributed by atoms with Crippen LogP contribution in [0.25, 0.3) is 0 Å². The Morgan fingerprint density at radius 2 is 1.41 bits per heavy atom. The summed E-state index contributed by atoms with van der Waals surface area (Å²) in [5.74, 6) is 1.62. The van der Waals surface area contributed by atoms with E-state index < -0.39 is 0 Å². The number of carbonyl (C=O) groups is 1. The first-order valence-corrected chi connectivity index (χ1v) is 9.37. The third-order valence-corrected chi connectivity index (χ3v) is 3.87. The molecule has 0 heterocycles. The van der Waals surface area contributed by atoms with Gasteiger partial charge in [0.25, 0.3) is 0 Å². The smallest absolute Gasteiger partial charge is 0.234 e. The highest BCUT2D eigenvalue weighted by Gasteiger charge is 2.07. The molecule has 0 saturated heterocycles. The van der Waals surface area contributed by atoms with Gasteiger partial charge < -0.3 is 5.32 Å². The lowest BCUT2D eigenvalue weighted by Crippen LogP contribution is -2.37. The van der Waals surface area contributed by atoms with Crippen molar-refractivity contribution in [2.24, 2.45) is 11.8 Å². The van der Waals surface area contributed by atoms with E-state index in [1.165, 1.54) is 44.9 Å². The highest BCUT2D eigenvalue weighted by atomic mass is 16.2. The molecule has 0 aromatic carbocycles. The van der Waals surface area contributed by atoms with Crippen molar-refractivity contribution in [3.8, 4) is 0 Å². The first kappa shape index (κ1) is 21.4. The summed E-state index contributed by atoms with van der Waals surface area (Å²) < 4.78 is 0. The van der Waals surface area contributed by atoms with E-state index in [-0.39, 0.29) is 5.91 Å². The molecule has 132 valence electrons. The van der Waals surface area contributed by atoms with Gasteiger partial charge in [-0.25, -0.2) is 0 Å². The van der Waals surface area contributed by atoms with Crippen molar-refractivity contribution < 1.29 is 4.79 Å². The number of amides is 1. The van der Waals surface area contributed by atoms with Crippen molar-refractivity contribution >= 4 is 5.91 Å². The Kier molecular flexibility index (Phi) is 13.7. The average molecular weight is 313 g/mol. The van der Waals surface area contributed by atoms with Crippen LogP contribution in [0, 0.1) is 11.8 Å². The molecule has 0 radical (unpaired) electrons. The van der Waals surface area contributed by atoms with Gasteiger partial charge in [-0.2, -0.15) is 0 Å². The normalized spacial score (nSPS) is 11.6. The van der Waals surface area contributed by atoms with Crippen LogP contribution in [0.15, 0.2) is 0 Å². The Bertz CT molecular complexity index is 264. The molecule has 3 heteroatoms. The summed E-state index contributed by atoms with van der Waals surface area (Å²) in [5, 5.41) is 3.03. The second kappa shape index (κ2) is 14.0. The van der Waals surface area contributed by atoms with E-state index in [1.54, 1.807) is 0 Å². The second-order valence-electron chi connectivity index (χ2n) is 7.60. The number of likely N-dealkylation sites (N-methyl/N-ethyl adjacent to an activating group) is 1. The maximum absolute atomic E-state index is 11.7. The highest BCUT2D eigenvalue weighted by molar-refractivity contribution is 5.77. The average Bonchev–Trinajstić information content (AvgIpc) is 2.39. The lowest BCUT2D eigenvalue weighted by Gasteiger charge is -2.18. The number of carbonyl (C=O) groups excluding carboxylic acids is 1. The molecule has 0 saturated carbocycles. The van der Waals surface area contributed by atoms with E-state index >= 15 is 0 Å². The van der Waals surface area contributed by atoms with Crippen molar-refractivity contribution in [1.82, 2.24) is 10.2 Å². The number of hydrogen-bond donors (Lipinski definition) is 1. The van der Waals surface area contributed by atoms with Gasteiger partial charge in [0.2, 0.25) is 5.91 Å². The van der Waals surface area contributed by atoms with Gasteiger partial charge in [-0.05, 0) is 25.3 Å². The largest absolute Gasteiger partial charge is 0.355 e. The fourth-order valence-electron chi connectivity index (χ4n) is 2.78. The molecule has 0 unspecified atom stereocenters. The van der Waals surface area contributed by atoms with Crippen molar-refractivity contribution in [2.45, 2.75) is 79.1 Å². The fraction of sp³-hybridized carbons (Fsp3) is 0.947. The van der Waals surface area contributed by atoms with E-state index in [1.807, 2.05) is 7.05 Å². The standard InChI is InChI=1S/C19H40N2O/c1-17(2)13-11-9-7-6-8-10-12-14-20-19(22)16-21(5)15-18(3)4/h17-18H,6-16H2,1-5H3,(H,20,22). The molecular formula is C19H40N2O. The SMILES string of the molecule is CC(C)CCCCCCCCCNC(=O)CN(C)CC(C)C. The minimum atomic E-state index is 0.164. The summed E-state index contributed by atoms with van der Waals surface area (Å²) in [6.45, 7) is 11.3. The van der Waals surface area contributed by atoms with Gasteiger partial charge in [0.05, 0.1) is 6.54 Å². The van der Waals surface area contributed by atoms with Crippen molar-refractivity contribution in [3.63, 3.8) is 0 Å². The first-order chi connectivity index (χ1) is 10.4. The molecule has 3 nitrogen and oxygen atoms in total. The van der Waals surface area contributed by atoms with Crippen LogP contribution in [0.4, 0.5) is 0 Å². The van der Waals surface area contributed by atoms with Crippen LogP contribution in [0.5, 0.6) is 0 Å². The Hall–Kier alpha value is -0.570. The summed E-state index contributed by atoms with van der Waals surface area (Å²) in [4.78, 5) is 13.8. The Morgan fingerprint density at radius 1 is 0.864 bits per heavy atom. The molecule has 0 aromatic rings. The number of rotatable bonds is 14. The topological polar surface area (TPSA) is 32.3 Å². The van der Waals surface area contributed by atoms with E-state index in [4.69, 9.17) is 0 Å². The van der Waals surface area contributed by atoms with Crippen LogP contribution in [-0.2, 0) is 4.79 Å². The van der Waals surface area contributed by atoms with Crippen molar-refractivity contribution in [2.75, 3.05) is 26.7 Å². The molecule has 0 bridgehead atoms.